The van der Waals surface area contributed by atoms with Crippen LogP contribution in [0.25, 0.3) is 10.8 Å². The lowest BCUT2D eigenvalue weighted by atomic mass is 10.0. The molecule has 8 heteroatoms. The highest BCUT2D eigenvalue weighted by atomic mass is 35.5. The first-order valence-electron chi connectivity index (χ1n) is 7.72. The van der Waals surface area contributed by atoms with Gasteiger partial charge in [-0.2, -0.15) is 0 Å². The highest BCUT2D eigenvalue weighted by Crippen LogP contribution is 2.26. The van der Waals surface area contributed by atoms with Gasteiger partial charge in [-0.1, -0.05) is 29.8 Å². The van der Waals surface area contributed by atoms with Crippen molar-refractivity contribution in [1.82, 2.24) is 5.32 Å². The number of aromatic carboxylic acids is 1. The summed E-state index contributed by atoms with van der Waals surface area (Å²) in [5.74, 6) is -2.33. The summed E-state index contributed by atoms with van der Waals surface area (Å²) in [6.45, 7) is 0. The van der Waals surface area contributed by atoms with Gasteiger partial charge in [-0.05, 0) is 47.2 Å². The number of phenols is 1. The monoisotopic (exact) mass is 384 g/mol. The van der Waals surface area contributed by atoms with Crippen molar-refractivity contribution in [3.05, 3.63) is 70.7 Å². The molecule has 27 heavy (non-hydrogen) atoms. The van der Waals surface area contributed by atoms with Gasteiger partial charge < -0.3 is 15.5 Å². The Hall–Kier alpha value is -3.58. The van der Waals surface area contributed by atoms with Crippen molar-refractivity contribution in [3.63, 3.8) is 0 Å². The number of imide groups is 1. The zero-order chi connectivity index (χ0) is 19.6. The minimum atomic E-state index is -1.29. The number of nitrogens with one attached hydrogen (secondary N) is 2. The van der Waals surface area contributed by atoms with Crippen LogP contribution >= 0.6 is 11.6 Å². The van der Waals surface area contributed by atoms with Gasteiger partial charge in [-0.3, -0.25) is 10.1 Å². The van der Waals surface area contributed by atoms with E-state index in [4.69, 9.17) is 16.7 Å². The van der Waals surface area contributed by atoms with Gasteiger partial charge in [0.25, 0.3) is 5.91 Å². The van der Waals surface area contributed by atoms with Gasteiger partial charge >= 0.3 is 12.0 Å². The van der Waals surface area contributed by atoms with Gasteiger partial charge in [-0.15, -0.1) is 0 Å². The van der Waals surface area contributed by atoms with Gasteiger partial charge in [0.2, 0.25) is 0 Å². The first-order chi connectivity index (χ1) is 12.8. The average Bonchev–Trinajstić information content (AvgIpc) is 2.62. The van der Waals surface area contributed by atoms with E-state index in [2.05, 4.69) is 10.6 Å². The number of carboxylic acids is 1. The fourth-order valence-corrected chi connectivity index (χ4v) is 2.67. The summed E-state index contributed by atoms with van der Waals surface area (Å²) in [7, 11) is 0. The molecule has 0 unspecified atom stereocenters. The number of hydrogen-bond donors (Lipinski definition) is 4. The molecule has 0 spiro atoms. The second-order valence-corrected chi connectivity index (χ2v) is 6.03. The number of hydrogen-bond acceptors (Lipinski definition) is 4. The molecule has 0 fully saturated rings. The lowest BCUT2D eigenvalue weighted by molar-refractivity contribution is 0.0693. The Morgan fingerprint density at radius 2 is 1.67 bits per heavy atom. The highest BCUT2D eigenvalue weighted by molar-refractivity contribution is 6.33. The molecule has 0 aliphatic heterocycles. The van der Waals surface area contributed by atoms with Crippen LogP contribution in [0.5, 0.6) is 5.75 Å². The number of benzene rings is 3. The summed E-state index contributed by atoms with van der Waals surface area (Å²) in [5, 5.41) is 24.7. The Bertz CT molecular complexity index is 1080. The van der Waals surface area contributed by atoms with Crippen LogP contribution in [-0.4, -0.2) is 28.1 Å². The highest BCUT2D eigenvalue weighted by Gasteiger charge is 2.14. The third-order valence-corrected chi connectivity index (χ3v) is 4.13. The standard InChI is InChI=1S/C19H13ClN2O5/c20-14-3-1-2-4-15(14)21-19(27)22-17(24)11-6-5-10-9-16(23)13(18(25)26)8-12(10)7-11/h1-9,23H,(H,25,26)(H2,21,22,24,27). The van der Waals surface area contributed by atoms with E-state index in [1.807, 2.05) is 0 Å². The Balaban J connectivity index is 1.81. The topological polar surface area (TPSA) is 116 Å². The van der Waals surface area contributed by atoms with E-state index in [1.165, 1.54) is 24.3 Å². The molecule has 3 rings (SSSR count). The number of fused-ring (bicyclic) bond motifs is 1. The van der Waals surface area contributed by atoms with E-state index in [9.17, 15) is 19.5 Å². The van der Waals surface area contributed by atoms with Crippen LogP contribution in [0.15, 0.2) is 54.6 Å². The quantitative estimate of drug-likeness (QED) is 0.547. The Morgan fingerprint density at radius 3 is 2.37 bits per heavy atom. The molecular weight excluding hydrogens is 372 g/mol. The summed E-state index contributed by atoms with van der Waals surface area (Å²) >= 11 is 5.94. The molecule has 3 aromatic carbocycles. The van der Waals surface area contributed by atoms with Crippen LogP contribution in [0.1, 0.15) is 20.7 Å². The van der Waals surface area contributed by atoms with Crippen molar-refractivity contribution in [2.24, 2.45) is 0 Å². The average molecular weight is 385 g/mol. The molecule has 3 aromatic rings. The predicted molar refractivity (Wildman–Crippen MR) is 101 cm³/mol. The van der Waals surface area contributed by atoms with Crippen LogP contribution in [0, 0.1) is 0 Å². The lowest BCUT2D eigenvalue weighted by Crippen LogP contribution is -2.34. The second kappa shape index (κ2) is 7.35. The summed E-state index contributed by atoms with van der Waals surface area (Å²) in [5.41, 5.74) is 0.222. The normalized spacial score (nSPS) is 10.4. The fourth-order valence-electron chi connectivity index (χ4n) is 2.49. The molecular formula is C19H13ClN2O5. The smallest absolute Gasteiger partial charge is 0.339 e. The Labute approximate surface area is 158 Å². The van der Waals surface area contributed by atoms with Gasteiger partial charge in [-0.25, -0.2) is 9.59 Å². The largest absolute Gasteiger partial charge is 0.507 e. The molecule has 7 nitrogen and oxygen atoms in total. The third-order valence-electron chi connectivity index (χ3n) is 3.80. The van der Waals surface area contributed by atoms with Crippen molar-refractivity contribution >= 4 is 46.0 Å². The lowest BCUT2D eigenvalue weighted by Gasteiger charge is -2.09. The van der Waals surface area contributed by atoms with E-state index in [0.717, 1.165) is 0 Å². The molecule has 0 heterocycles. The van der Waals surface area contributed by atoms with Crippen molar-refractivity contribution < 1.29 is 24.6 Å². The van der Waals surface area contributed by atoms with Gasteiger partial charge in [0.15, 0.2) is 0 Å². The van der Waals surface area contributed by atoms with Crippen molar-refractivity contribution in [2.45, 2.75) is 0 Å². The van der Waals surface area contributed by atoms with Crippen LogP contribution < -0.4 is 10.6 Å². The predicted octanol–water partition coefficient (Wildman–Crippen LogP) is 3.86. The maximum Gasteiger partial charge on any atom is 0.339 e. The minimum absolute atomic E-state index is 0.152. The number of halogens is 1. The maximum atomic E-state index is 12.3. The zero-order valence-corrected chi connectivity index (χ0v) is 14.4. The van der Waals surface area contributed by atoms with Gasteiger partial charge in [0, 0.05) is 5.56 Å². The molecule has 0 aromatic heterocycles. The summed E-state index contributed by atoms with van der Waals surface area (Å²) in [4.78, 5) is 35.4. The number of carbonyl (C=O) groups excluding carboxylic acids is 2. The second-order valence-electron chi connectivity index (χ2n) is 5.62. The van der Waals surface area contributed by atoms with Crippen molar-refractivity contribution in [3.8, 4) is 5.75 Å². The molecule has 0 saturated carbocycles. The zero-order valence-electron chi connectivity index (χ0n) is 13.7. The molecule has 3 amide bonds. The number of anilines is 1. The minimum Gasteiger partial charge on any atom is -0.507 e. The summed E-state index contributed by atoms with van der Waals surface area (Å²) in [6.07, 6.45) is 0. The number of rotatable bonds is 3. The number of carboxylic acid groups (broad SMARTS) is 1. The Morgan fingerprint density at radius 1 is 0.926 bits per heavy atom. The summed E-state index contributed by atoms with van der Waals surface area (Å²) < 4.78 is 0. The fraction of sp³-hybridized carbons (Fsp3) is 0. The van der Waals surface area contributed by atoms with E-state index >= 15 is 0 Å². The number of aromatic hydroxyl groups is 1. The molecule has 4 N–H and O–H groups in total. The van der Waals surface area contributed by atoms with E-state index in [0.29, 0.717) is 21.5 Å². The van der Waals surface area contributed by atoms with Crippen molar-refractivity contribution in [2.75, 3.05) is 5.32 Å². The molecule has 0 aliphatic rings. The molecule has 136 valence electrons. The van der Waals surface area contributed by atoms with Crippen LogP contribution in [0.2, 0.25) is 5.02 Å². The first-order valence-corrected chi connectivity index (χ1v) is 8.10. The third kappa shape index (κ3) is 3.99. The van der Waals surface area contributed by atoms with Crippen LogP contribution in [0.3, 0.4) is 0 Å². The number of para-hydroxylation sites is 1. The molecule has 0 bridgehead atoms. The van der Waals surface area contributed by atoms with Gasteiger partial charge in [0.05, 0.1) is 10.7 Å². The first kappa shape index (κ1) is 18.2. The molecule has 0 atom stereocenters. The number of carbonyl (C=O) groups is 3. The number of amides is 3. The van der Waals surface area contributed by atoms with Crippen LogP contribution in [0.4, 0.5) is 10.5 Å². The SMILES string of the molecule is O=C(NC(=O)c1ccc2cc(O)c(C(=O)O)cc2c1)Nc1ccccc1Cl. The summed E-state index contributed by atoms with van der Waals surface area (Å²) in [6, 6.07) is 12.8. The van der Waals surface area contributed by atoms with E-state index in [1.54, 1.807) is 30.3 Å². The molecule has 0 saturated heterocycles. The van der Waals surface area contributed by atoms with E-state index in [-0.39, 0.29) is 16.9 Å². The Kier molecular flexibility index (Phi) is 4.96. The maximum absolute atomic E-state index is 12.3. The molecule has 0 aliphatic carbocycles. The van der Waals surface area contributed by atoms with Gasteiger partial charge in [0.1, 0.15) is 11.3 Å². The number of urea groups is 1. The van der Waals surface area contributed by atoms with Crippen LogP contribution in [-0.2, 0) is 0 Å². The van der Waals surface area contributed by atoms with Crippen molar-refractivity contribution in [1.29, 1.82) is 0 Å². The van der Waals surface area contributed by atoms with E-state index < -0.39 is 17.9 Å². The molecule has 0 radical (unpaired) electrons.